The van der Waals surface area contributed by atoms with Gasteiger partial charge in [-0.25, -0.2) is 19.0 Å². The summed E-state index contributed by atoms with van der Waals surface area (Å²) < 4.78 is 24.7. The van der Waals surface area contributed by atoms with Crippen molar-refractivity contribution < 1.29 is 33.6 Å². The molecule has 2 aromatic carbocycles. The van der Waals surface area contributed by atoms with E-state index in [0.29, 0.717) is 0 Å². The van der Waals surface area contributed by atoms with Crippen LogP contribution in [-0.4, -0.2) is 50.1 Å². The molecule has 4 atom stereocenters. The molecule has 1 aliphatic rings. The Balaban J connectivity index is 1.60. The van der Waals surface area contributed by atoms with Crippen LogP contribution >= 0.6 is 0 Å². The monoisotopic (exact) mass is 566 g/mol. The van der Waals surface area contributed by atoms with Gasteiger partial charge in [0.1, 0.15) is 30.8 Å². The largest absolute Gasteiger partial charge is 0.458 e. The highest BCUT2D eigenvalue weighted by molar-refractivity contribution is 5.89. The van der Waals surface area contributed by atoms with Crippen molar-refractivity contribution >= 4 is 11.9 Å². The van der Waals surface area contributed by atoms with E-state index in [1.165, 1.54) is 10.8 Å². The van der Waals surface area contributed by atoms with Gasteiger partial charge in [-0.3, -0.25) is 9.36 Å². The number of carbonyl (C=O) groups excluding carboxylic acids is 2. The fourth-order valence-electron chi connectivity index (χ4n) is 4.41. The van der Waals surface area contributed by atoms with Gasteiger partial charge in [-0.15, -0.1) is 0 Å². The number of ether oxygens (including phenoxy) is 4. The molecule has 41 heavy (non-hydrogen) atoms. The number of esters is 2. The second-order valence-corrected chi connectivity index (χ2v) is 10.8. The summed E-state index contributed by atoms with van der Waals surface area (Å²) in [6.45, 7) is 6.36. The molecule has 4 rings (SSSR count). The van der Waals surface area contributed by atoms with E-state index in [9.17, 15) is 24.3 Å². The first-order chi connectivity index (χ1) is 19.4. The van der Waals surface area contributed by atoms with E-state index in [0.717, 1.165) is 10.1 Å². The number of aromatic nitrogens is 2. The molecule has 1 aromatic heterocycles. The standard InChI is InChI=1S/C30H34N2O9/c1-19-16-31(29(37)32(26(19)34)18-38-17-20-11-7-5-8-12-20)23-15-22(39-27(35)21-13-9-6-10-14-21)25(40-23)24(33)28(36)41-30(2,3)4/h5-14,16,22-25,33H,15,17-18H2,1-4H3/t22-,23+,24?,25-/m0/s1. The highest BCUT2D eigenvalue weighted by atomic mass is 16.6. The lowest BCUT2D eigenvalue weighted by Gasteiger charge is -2.26. The maximum atomic E-state index is 13.4. The molecule has 3 aromatic rings. The van der Waals surface area contributed by atoms with Crippen molar-refractivity contribution in [3.8, 4) is 0 Å². The molecule has 0 amide bonds. The summed E-state index contributed by atoms with van der Waals surface area (Å²) in [4.78, 5) is 51.8. The zero-order valence-electron chi connectivity index (χ0n) is 23.4. The minimum atomic E-state index is -1.82. The lowest BCUT2D eigenvalue weighted by Crippen LogP contribution is -2.45. The Hall–Kier alpha value is -4.06. The average molecular weight is 567 g/mol. The van der Waals surface area contributed by atoms with Crippen molar-refractivity contribution in [3.63, 3.8) is 0 Å². The third kappa shape index (κ3) is 7.37. The molecule has 0 saturated carbocycles. The summed E-state index contributed by atoms with van der Waals surface area (Å²) in [7, 11) is 0. The second-order valence-electron chi connectivity index (χ2n) is 10.8. The van der Waals surface area contributed by atoms with Gasteiger partial charge in [0, 0.05) is 18.2 Å². The van der Waals surface area contributed by atoms with Crippen LogP contribution in [-0.2, 0) is 37.1 Å². The quantitative estimate of drug-likeness (QED) is 0.388. The Morgan fingerprint density at radius 1 is 1.05 bits per heavy atom. The Labute approximate surface area is 236 Å². The van der Waals surface area contributed by atoms with Crippen molar-refractivity contribution in [1.82, 2.24) is 9.13 Å². The molecule has 2 heterocycles. The lowest BCUT2D eigenvalue weighted by molar-refractivity contribution is -0.177. The van der Waals surface area contributed by atoms with Gasteiger partial charge in [-0.05, 0) is 45.4 Å². The Bertz CT molecular complexity index is 1480. The normalized spacial score (nSPS) is 19.5. The average Bonchev–Trinajstić information content (AvgIpc) is 3.35. The summed E-state index contributed by atoms with van der Waals surface area (Å²) in [5, 5.41) is 10.9. The van der Waals surface area contributed by atoms with Crippen molar-refractivity contribution in [2.45, 2.75) is 77.6 Å². The highest BCUT2D eigenvalue weighted by Gasteiger charge is 2.47. The van der Waals surface area contributed by atoms with Crippen LogP contribution in [0.25, 0.3) is 0 Å². The molecule has 218 valence electrons. The van der Waals surface area contributed by atoms with Gasteiger partial charge >= 0.3 is 17.6 Å². The fraction of sp³-hybridized carbons (Fsp3) is 0.400. The van der Waals surface area contributed by atoms with E-state index in [4.69, 9.17) is 18.9 Å². The van der Waals surface area contributed by atoms with Gasteiger partial charge in [-0.2, -0.15) is 0 Å². The van der Waals surface area contributed by atoms with Crippen molar-refractivity contribution in [2.24, 2.45) is 0 Å². The van der Waals surface area contributed by atoms with E-state index < -0.39 is 53.3 Å². The first-order valence-electron chi connectivity index (χ1n) is 13.2. The minimum Gasteiger partial charge on any atom is -0.458 e. The van der Waals surface area contributed by atoms with E-state index in [1.807, 2.05) is 30.3 Å². The lowest BCUT2D eigenvalue weighted by atomic mass is 10.1. The van der Waals surface area contributed by atoms with E-state index >= 15 is 0 Å². The SMILES string of the molecule is Cc1cn([C@H]2C[C@H](OC(=O)c3ccccc3)[C@@H](C(O)C(=O)OC(C)(C)C)O2)c(=O)n(COCc2ccccc2)c1=O. The van der Waals surface area contributed by atoms with Crippen LogP contribution < -0.4 is 11.2 Å². The maximum Gasteiger partial charge on any atom is 0.338 e. The van der Waals surface area contributed by atoms with Gasteiger partial charge in [0.25, 0.3) is 5.56 Å². The number of aryl methyl sites for hydroxylation is 1. The van der Waals surface area contributed by atoms with Crippen molar-refractivity contribution in [3.05, 3.63) is 104 Å². The molecule has 11 heteroatoms. The number of hydrogen-bond acceptors (Lipinski definition) is 9. The maximum absolute atomic E-state index is 13.4. The topological polar surface area (TPSA) is 135 Å². The number of hydrogen-bond donors (Lipinski definition) is 1. The van der Waals surface area contributed by atoms with Gasteiger partial charge in [0.15, 0.2) is 6.10 Å². The van der Waals surface area contributed by atoms with Gasteiger partial charge in [-0.1, -0.05) is 48.5 Å². The molecule has 1 saturated heterocycles. The number of carbonyl (C=O) groups is 2. The Kier molecular flexibility index (Phi) is 9.21. The number of rotatable bonds is 9. The molecular formula is C30H34N2O9. The third-order valence-corrected chi connectivity index (χ3v) is 6.35. The molecular weight excluding hydrogens is 532 g/mol. The minimum absolute atomic E-state index is 0.0779. The van der Waals surface area contributed by atoms with Crippen LogP contribution in [0.15, 0.2) is 76.4 Å². The molecule has 0 radical (unpaired) electrons. The predicted octanol–water partition coefficient (Wildman–Crippen LogP) is 2.71. The Morgan fingerprint density at radius 2 is 1.68 bits per heavy atom. The summed E-state index contributed by atoms with van der Waals surface area (Å²) in [5.41, 5.74) is -0.775. The molecule has 0 spiro atoms. The van der Waals surface area contributed by atoms with E-state index in [1.54, 1.807) is 58.0 Å². The first kappa shape index (κ1) is 29.9. The highest BCUT2D eigenvalue weighted by Crippen LogP contribution is 2.33. The van der Waals surface area contributed by atoms with E-state index in [2.05, 4.69) is 0 Å². The van der Waals surface area contributed by atoms with Crippen LogP contribution in [0.3, 0.4) is 0 Å². The number of aliphatic hydroxyl groups excluding tert-OH is 1. The summed E-state index contributed by atoms with van der Waals surface area (Å²) >= 11 is 0. The summed E-state index contributed by atoms with van der Waals surface area (Å²) in [5.74, 6) is -1.66. The molecule has 1 N–H and O–H groups in total. The van der Waals surface area contributed by atoms with Crippen molar-refractivity contribution in [1.29, 1.82) is 0 Å². The molecule has 1 aliphatic heterocycles. The smallest absolute Gasteiger partial charge is 0.338 e. The Morgan fingerprint density at radius 3 is 2.32 bits per heavy atom. The second kappa shape index (κ2) is 12.6. The van der Waals surface area contributed by atoms with Crippen LogP contribution in [0, 0.1) is 6.92 Å². The zero-order valence-corrected chi connectivity index (χ0v) is 23.4. The molecule has 0 bridgehead atoms. The van der Waals surface area contributed by atoms with Crippen LogP contribution in [0.2, 0.25) is 0 Å². The van der Waals surface area contributed by atoms with Gasteiger partial charge in [0.05, 0.1) is 12.2 Å². The number of benzene rings is 2. The van der Waals surface area contributed by atoms with Gasteiger partial charge < -0.3 is 24.1 Å². The third-order valence-electron chi connectivity index (χ3n) is 6.35. The zero-order chi connectivity index (χ0) is 29.7. The number of nitrogens with zero attached hydrogens (tertiary/aromatic N) is 2. The number of aliphatic hydroxyl groups is 1. The summed E-state index contributed by atoms with van der Waals surface area (Å²) in [6, 6.07) is 17.5. The summed E-state index contributed by atoms with van der Waals surface area (Å²) in [6.07, 6.45) is -4.09. The molecule has 1 unspecified atom stereocenters. The van der Waals surface area contributed by atoms with Crippen LogP contribution in [0.1, 0.15) is 54.9 Å². The van der Waals surface area contributed by atoms with Crippen LogP contribution in [0.5, 0.6) is 0 Å². The van der Waals surface area contributed by atoms with Crippen LogP contribution in [0.4, 0.5) is 0 Å². The van der Waals surface area contributed by atoms with Crippen molar-refractivity contribution in [2.75, 3.05) is 0 Å². The van der Waals surface area contributed by atoms with Gasteiger partial charge in [0.2, 0.25) is 0 Å². The van der Waals surface area contributed by atoms with E-state index in [-0.39, 0.29) is 30.9 Å². The first-order valence-corrected chi connectivity index (χ1v) is 13.2. The molecule has 1 fully saturated rings. The molecule has 11 nitrogen and oxygen atoms in total. The predicted molar refractivity (Wildman–Crippen MR) is 147 cm³/mol. The fourth-order valence-corrected chi connectivity index (χ4v) is 4.41. The molecule has 0 aliphatic carbocycles.